The van der Waals surface area contributed by atoms with Crippen LogP contribution in [-0.2, 0) is 14.3 Å². The Labute approximate surface area is 114 Å². The first-order chi connectivity index (χ1) is 9.08. The molecular formula is C14H22N2O3. The summed E-state index contributed by atoms with van der Waals surface area (Å²) < 4.78 is 5.41. The highest BCUT2D eigenvalue weighted by molar-refractivity contribution is 5.88. The Bertz CT molecular complexity index is 374. The fourth-order valence-electron chi connectivity index (χ4n) is 2.46. The number of hydrogen-bond acceptors (Lipinski definition) is 3. The maximum Gasteiger partial charge on any atom is 0.251 e. The zero-order valence-electron chi connectivity index (χ0n) is 11.7. The van der Waals surface area contributed by atoms with Gasteiger partial charge in [-0.1, -0.05) is 5.57 Å². The van der Waals surface area contributed by atoms with Crippen LogP contribution in [0.15, 0.2) is 11.6 Å². The van der Waals surface area contributed by atoms with Crippen LogP contribution >= 0.6 is 0 Å². The Morgan fingerprint density at radius 3 is 2.26 bits per heavy atom. The van der Waals surface area contributed by atoms with E-state index in [2.05, 4.69) is 0 Å². The van der Waals surface area contributed by atoms with Crippen LogP contribution in [0.3, 0.4) is 0 Å². The number of hydrogen-bond donors (Lipinski definition) is 0. The minimum Gasteiger partial charge on any atom is -0.368 e. The highest BCUT2D eigenvalue weighted by Crippen LogP contribution is 2.16. The lowest BCUT2D eigenvalue weighted by Gasteiger charge is -2.35. The Hall–Kier alpha value is -1.36. The number of rotatable bonds is 2. The second-order valence-corrected chi connectivity index (χ2v) is 5.37. The van der Waals surface area contributed by atoms with E-state index in [9.17, 15) is 9.59 Å². The van der Waals surface area contributed by atoms with E-state index in [1.165, 1.54) is 0 Å². The van der Waals surface area contributed by atoms with Crippen LogP contribution in [0.5, 0.6) is 0 Å². The van der Waals surface area contributed by atoms with Crippen molar-refractivity contribution in [3.8, 4) is 0 Å². The van der Waals surface area contributed by atoms with Gasteiger partial charge in [0.2, 0.25) is 5.91 Å². The molecule has 2 heterocycles. The molecule has 0 spiro atoms. The SMILES string of the molecule is CC(C)=CC(=O)N1CCN(C(=O)C2CCCO2)CC1. The summed E-state index contributed by atoms with van der Waals surface area (Å²) in [4.78, 5) is 27.6. The highest BCUT2D eigenvalue weighted by Gasteiger charge is 2.30. The largest absolute Gasteiger partial charge is 0.368 e. The molecule has 19 heavy (non-hydrogen) atoms. The lowest BCUT2D eigenvalue weighted by molar-refractivity contribution is -0.144. The van der Waals surface area contributed by atoms with Crippen molar-refractivity contribution in [2.45, 2.75) is 32.8 Å². The standard InChI is InChI=1S/C14H22N2O3/c1-11(2)10-13(17)15-5-7-16(8-6-15)14(18)12-4-3-9-19-12/h10,12H,3-9H2,1-2H3. The van der Waals surface area contributed by atoms with Crippen molar-refractivity contribution < 1.29 is 14.3 Å². The van der Waals surface area contributed by atoms with Gasteiger partial charge in [-0.25, -0.2) is 0 Å². The molecule has 0 saturated carbocycles. The van der Waals surface area contributed by atoms with Gasteiger partial charge in [-0.05, 0) is 26.7 Å². The zero-order valence-corrected chi connectivity index (χ0v) is 11.7. The van der Waals surface area contributed by atoms with Crippen LogP contribution in [-0.4, -0.2) is 60.5 Å². The molecule has 2 amide bonds. The number of ether oxygens (including phenoxy) is 1. The van der Waals surface area contributed by atoms with Crippen molar-refractivity contribution in [1.29, 1.82) is 0 Å². The summed E-state index contributed by atoms with van der Waals surface area (Å²) in [7, 11) is 0. The number of nitrogens with zero attached hydrogens (tertiary/aromatic N) is 2. The van der Waals surface area contributed by atoms with E-state index in [1.54, 1.807) is 11.0 Å². The van der Waals surface area contributed by atoms with Crippen LogP contribution in [0.1, 0.15) is 26.7 Å². The lowest BCUT2D eigenvalue weighted by atomic mass is 10.2. The molecule has 2 aliphatic rings. The van der Waals surface area contributed by atoms with Crippen LogP contribution < -0.4 is 0 Å². The fraction of sp³-hybridized carbons (Fsp3) is 0.714. The Morgan fingerprint density at radius 2 is 1.74 bits per heavy atom. The van der Waals surface area contributed by atoms with Crippen molar-refractivity contribution in [3.05, 3.63) is 11.6 Å². The van der Waals surface area contributed by atoms with E-state index in [0.29, 0.717) is 32.8 Å². The van der Waals surface area contributed by atoms with E-state index in [4.69, 9.17) is 4.74 Å². The molecule has 1 atom stereocenters. The van der Waals surface area contributed by atoms with E-state index < -0.39 is 0 Å². The summed E-state index contributed by atoms with van der Waals surface area (Å²) in [5.74, 6) is 0.135. The normalized spacial score (nSPS) is 23.4. The first-order valence-electron chi connectivity index (χ1n) is 6.92. The van der Waals surface area contributed by atoms with Gasteiger partial charge in [0, 0.05) is 38.9 Å². The Balaban J connectivity index is 1.83. The number of carbonyl (C=O) groups is 2. The number of allylic oxidation sites excluding steroid dienone is 1. The number of carbonyl (C=O) groups excluding carboxylic acids is 2. The molecule has 5 nitrogen and oxygen atoms in total. The van der Waals surface area contributed by atoms with Crippen LogP contribution in [0.25, 0.3) is 0 Å². The zero-order chi connectivity index (χ0) is 13.8. The summed E-state index contributed by atoms with van der Waals surface area (Å²) in [6, 6.07) is 0. The van der Waals surface area contributed by atoms with Crippen LogP contribution in [0.4, 0.5) is 0 Å². The van der Waals surface area contributed by atoms with Crippen molar-refractivity contribution >= 4 is 11.8 Å². The van der Waals surface area contributed by atoms with Gasteiger partial charge in [0.1, 0.15) is 6.10 Å². The van der Waals surface area contributed by atoms with Crippen molar-refractivity contribution in [1.82, 2.24) is 9.80 Å². The molecule has 0 aromatic rings. The topological polar surface area (TPSA) is 49.9 Å². The van der Waals surface area contributed by atoms with E-state index in [-0.39, 0.29) is 17.9 Å². The van der Waals surface area contributed by atoms with E-state index in [0.717, 1.165) is 18.4 Å². The summed E-state index contributed by atoms with van der Waals surface area (Å²) in [6.07, 6.45) is 3.20. The predicted molar refractivity (Wildman–Crippen MR) is 71.6 cm³/mol. The van der Waals surface area contributed by atoms with Gasteiger partial charge < -0.3 is 14.5 Å². The van der Waals surface area contributed by atoms with Gasteiger partial charge in [-0.15, -0.1) is 0 Å². The van der Waals surface area contributed by atoms with Gasteiger partial charge in [-0.3, -0.25) is 9.59 Å². The quantitative estimate of drug-likeness (QED) is 0.695. The van der Waals surface area contributed by atoms with Gasteiger partial charge in [0.05, 0.1) is 0 Å². The number of amides is 2. The molecule has 0 bridgehead atoms. The van der Waals surface area contributed by atoms with Crippen molar-refractivity contribution in [2.75, 3.05) is 32.8 Å². The maximum atomic E-state index is 12.1. The molecule has 0 radical (unpaired) electrons. The van der Waals surface area contributed by atoms with Crippen LogP contribution in [0, 0.1) is 0 Å². The Morgan fingerprint density at radius 1 is 1.11 bits per heavy atom. The van der Waals surface area contributed by atoms with Gasteiger partial charge >= 0.3 is 0 Å². The summed E-state index contributed by atoms with van der Waals surface area (Å²) in [5, 5.41) is 0. The van der Waals surface area contributed by atoms with Crippen LogP contribution in [0.2, 0.25) is 0 Å². The molecule has 2 saturated heterocycles. The summed E-state index contributed by atoms with van der Waals surface area (Å²) >= 11 is 0. The fourth-order valence-corrected chi connectivity index (χ4v) is 2.46. The highest BCUT2D eigenvalue weighted by atomic mass is 16.5. The molecule has 2 rings (SSSR count). The minimum atomic E-state index is -0.250. The molecule has 5 heteroatoms. The second-order valence-electron chi connectivity index (χ2n) is 5.37. The monoisotopic (exact) mass is 266 g/mol. The first-order valence-corrected chi connectivity index (χ1v) is 6.92. The molecular weight excluding hydrogens is 244 g/mol. The average Bonchev–Trinajstić information content (AvgIpc) is 2.91. The smallest absolute Gasteiger partial charge is 0.251 e. The van der Waals surface area contributed by atoms with Gasteiger partial charge in [-0.2, -0.15) is 0 Å². The molecule has 0 N–H and O–H groups in total. The first kappa shape index (κ1) is 14.1. The third-order valence-electron chi connectivity index (χ3n) is 3.52. The molecule has 0 aromatic carbocycles. The third-order valence-corrected chi connectivity index (χ3v) is 3.52. The third kappa shape index (κ3) is 3.56. The van der Waals surface area contributed by atoms with Crippen molar-refractivity contribution in [2.24, 2.45) is 0 Å². The maximum absolute atomic E-state index is 12.1. The Kier molecular flexibility index (Phi) is 4.58. The molecule has 2 aliphatic heterocycles. The lowest BCUT2D eigenvalue weighted by Crippen LogP contribution is -2.52. The van der Waals surface area contributed by atoms with E-state index in [1.807, 2.05) is 18.7 Å². The molecule has 2 fully saturated rings. The van der Waals surface area contributed by atoms with E-state index >= 15 is 0 Å². The second kappa shape index (κ2) is 6.19. The summed E-state index contributed by atoms with van der Waals surface area (Å²) in [5.41, 5.74) is 1.00. The molecule has 0 aliphatic carbocycles. The molecule has 1 unspecified atom stereocenters. The molecule has 106 valence electrons. The molecule has 0 aromatic heterocycles. The summed E-state index contributed by atoms with van der Waals surface area (Å²) in [6.45, 7) is 6.96. The van der Waals surface area contributed by atoms with Crippen molar-refractivity contribution in [3.63, 3.8) is 0 Å². The van der Waals surface area contributed by atoms with Gasteiger partial charge in [0.15, 0.2) is 0 Å². The van der Waals surface area contributed by atoms with Gasteiger partial charge in [0.25, 0.3) is 5.91 Å². The predicted octanol–water partition coefficient (Wildman–Crippen LogP) is 0.802. The number of piperazine rings is 1. The minimum absolute atomic E-state index is 0.0456. The average molecular weight is 266 g/mol.